The fourth-order valence-corrected chi connectivity index (χ4v) is 1.15. The number of benzene rings is 1. The van der Waals surface area contributed by atoms with Gasteiger partial charge in [0.25, 0.3) is 0 Å². The summed E-state index contributed by atoms with van der Waals surface area (Å²) >= 11 is 0. The van der Waals surface area contributed by atoms with E-state index in [2.05, 4.69) is 11.3 Å². The normalized spacial score (nSPS) is 11.0. The standard InChI is InChI=1S/C11H11F3O2/c1-3-8-5-9(15-4-2)7-10(6-8)16-11(12,13)14/h3,5-7H,1,4H2,2H3. The van der Waals surface area contributed by atoms with Gasteiger partial charge in [-0.05, 0) is 24.6 Å². The highest BCUT2D eigenvalue weighted by Gasteiger charge is 2.31. The van der Waals surface area contributed by atoms with Crippen LogP contribution in [0.3, 0.4) is 0 Å². The lowest BCUT2D eigenvalue weighted by molar-refractivity contribution is -0.274. The van der Waals surface area contributed by atoms with Crippen LogP contribution in [0.25, 0.3) is 6.08 Å². The SMILES string of the molecule is C=Cc1cc(OCC)cc(OC(F)(F)F)c1. The van der Waals surface area contributed by atoms with E-state index in [0.29, 0.717) is 17.9 Å². The highest BCUT2D eigenvalue weighted by atomic mass is 19.4. The van der Waals surface area contributed by atoms with E-state index >= 15 is 0 Å². The van der Waals surface area contributed by atoms with Gasteiger partial charge in [-0.2, -0.15) is 0 Å². The lowest BCUT2D eigenvalue weighted by Crippen LogP contribution is -2.17. The lowest BCUT2D eigenvalue weighted by Gasteiger charge is -2.11. The number of hydrogen-bond acceptors (Lipinski definition) is 2. The Morgan fingerprint density at radius 2 is 1.88 bits per heavy atom. The average Bonchev–Trinajstić information content (AvgIpc) is 2.15. The second-order valence-electron chi connectivity index (χ2n) is 2.92. The number of alkyl halides is 3. The Hall–Kier alpha value is -1.65. The van der Waals surface area contributed by atoms with Crippen LogP contribution in [0.15, 0.2) is 24.8 Å². The van der Waals surface area contributed by atoms with Gasteiger partial charge in [0, 0.05) is 6.07 Å². The third-order valence-electron chi connectivity index (χ3n) is 1.68. The molecule has 2 nitrogen and oxygen atoms in total. The molecule has 0 saturated carbocycles. The summed E-state index contributed by atoms with van der Waals surface area (Å²) in [5.74, 6) is 0.00694. The molecule has 5 heteroatoms. The van der Waals surface area contributed by atoms with E-state index in [0.717, 1.165) is 0 Å². The minimum absolute atomic E-state index is 0.312. The zero-order valence-corrected chi connectivity index (χ0v) is 8.67. The maximum Gasteiger partial charge on any atom is 0.573 e. The van der Waals surface area contributed by atoms with Crippen molar-refractivity contribution < 1.29 is 22.6 Å². The molecule has 0 atom stereocenters. The summed E-state index contributed by atoms with van der Waals surface area (Å²) in [6.07, 6.45) is -3.28. The first-order valence-corrected chi connectivity index (χ1v) is 4.60. The van der Waals surface area contributed by atoms with Crippen molar-refractivity contribution in [3.63, 3.8) is 0 Å². The van der Waals surface area contributed by atoms with Crippen LogP contribution in [0, 0.1) is 0 Å². The number of ether oxygens (including phenoxy) is 2. The van der Waals surface area contributed by atoms with Gasteiger partial charge < -0.3 is 9.47 Å². The van der Waals surface area contributed by atoms with Crippen LogP contribution >= 0.6 is 0 Å². The largest absolute Gasteiger partial charge is 0.573 e. The molecule has 0 aliphatic heterocycles. The van der Waals surface area contributed by atoms with Gasteiger partial charge in [-0.25, -0.2) is 0 Å². The first kappa shape index (κ1) is 12.4. The van der Waals surface area contributed by atoms with Gasteiger partial charge in [0.15, 0.2) is 0 Å². The summed E-state index contributed by atoms with van der Waals surface area (Å²) < 4.78 is 44.9. The fourth-order valence-electron chi connectivity index (χ4n) is 1.15. The third kappa shape index (κ3) is 3.84. The molecule has 1 rings (SSSR count). The maximum absolute atomic E-state index is 12.0. The van der Waals surface area contributed by atoms with Gasteiger partial charge in [-0.3, -0.25) is 0 Å². The Morgan fingerprint density at radius 3 is 2.38 bits per heavy atom. The van der Waals surface area contributed by atoms with Crippen molar-refractivity contribution in [2.45, 2.75) is 13.3 Å². The zero-order valence-electron chi connectivity index (χ0n) is 8.67. The highest BCUT2D eigenvalue weighted by molar-refractivity contribution is 5.53. The molecular weight excluding hydrogens is 221 g/mol. The molecular formula is C11H11F3O2. The molecule has 0 bridgehead atoms. The van der Waals surface area contributed by atoms with Crippen LogP contribution in [0.2, 0.25) is 0 Å². The molecule has 0 aromatic heterocycles. The smallest absolute Gasteiger partial charge is 0.494 e. The Morgan fingerprint density at radius 1 is 1.25 bits per heavy atom. The van der Waals surface area contributed by atoms with Gasteiger partial charge in [-0.1, -0.05) is 12.7 Å². The van der Waals surface area contributed by atoms with E-state index < -0.39 is 6.36 Å². The molecule has 0 N–H and O–H groups in total. The summed E-state index contributed by atoms with van der Waals surface area (Å²) in [6.45, 7) is 5.59. The second-order valence-corrected chi connectivity index (χ2v) is 2.92. The van der Waals surface area contributed by atoms with E-state index in [9.17, 15) is 13.2 Å². The predicted molar refractivity (Wildman–Crippen MR) is 54.4 cm³/mol. The van der Waals surface area contributed by atoms with Crippen LogP contribution < -0.4 is 9.47 Å². The molecule has 1 aromatic carbocycles. The average molecular weight is 232 g/mol. The second kappa shape index (κ2) is 4.92. The molecule has 0 unspecified atom stereocenters. The van der Waals surface area contributed by atoms with Crippen molar-refractivity contribution in [2.75, 3.05) is 6.61 Å². The van der Waals surface area contributed by atoms with Crippen molar-refractivity contribution in [3.05, 3.63) is 30.3 Å². The van der Waals surface area contributed by atoms with Gasteiger partial charge in [-0.15, -0.1) is 13.2 Å². The highest BCUT2D eigenvalue weighted by Crippen LogP contribution is 2.28. The molecule has 0 amide bonds. The van der Waals surface area contributed by atoms with E-state index in [1.807, 2.05) is 0 Å². The summed E-state index contributed by atoms with van der Waals surface area (Å²) in [5.41, 5.74) is 0.505. The van der Waals surface area contributed by atoms with E-state index in [-0.39, 0.29) is 5.75 Å². The first-order chi connectivity index (χ1) is 7.44. The van der Waals surface area contributed by atoms with Crippen LogP contribution in [0.5, 0.6) is 11.5 Å². The summed E-state index contributed by atoms with van der Waals surface area (Å²) in [5, 5.41) is 0. The van der Waals surface area contributed by atoms with Crippen LogP contribution in [0.4, 0.5) is 13.2 Å². The maximum atomic E-state index is 12.0. The summed E-state index contributed by atoms with van der Waals surface area (Å²) in [4.78, 5) is 0. The Kier molecular flexibility index (Phi) is 3.82. The molecule has 0 radical (unpaired) electrons. The quantitative estimate of drug-likeness (QED) is 0.789. The number of hydrogen-bond donors (Lipinski definition) is 0. The minimum Gasteiger partial charge on any atom is -0.494 e. The first-order valence-electron chi connectivity index (χ1n) is 4.60. The molecule has 1 aromatic rings. The van der Waals surface area contributed by atoms with Crippen LogP contribution in [-0.2, 0) is 0 Å². The van der Waals surface area contributed by atoms with E-state index in [4.69, 9.17) is 4.74 Å². The van der Waals surface area contributed by atoms with Gasteiger partial charge >= 0.3 is 6.36 Å². The van der Waals surface area contributed by atoms with Crippen molar-refractivity contribution in [1.29, 1.82) is 0 Å². The van der Waals surface area contributed by atoms with Gasteiger partial charge in [0.2, 0.25) is 0 Å². The molecule has 0 saturated heterocycles. The fraction of sp³-hybridized carbons (Fsp3) is 0.273. The predicted octanol–water partition coefficient (Wildman–Crippen LogP) is 3.63. The molecule has 16 heavy (non-hydrogen) atoms. The summed E-state index contributed by atoms with van der Waals surface area (Å²) in [7, 11) is 0. The topological polar surface area (TPSA) is 18.5 Å². The van der Waals surface area contributed by atoms with Crippen molar-refractivity contribution in [2.24, 2.45) is 0 Å². The van der Waals surface area contributed by atoms with Gasteiger partial charge in [0.05, 0.1) is 6.61 Å². The molecule has 88 valence electrons. The minimum atomic E-state index is -4.71. The Balaban J connectivity index is 2.99. The number of rotatable bonds is 4. The lowest BCUT2D eigenvalue weighted by atomic mass is 10.2. The van der Waals surface area contributed by atoms with Gasteiger partial charge in [0.1, 0.15) is 11.5 Å². The molecule has 0 spiro atoms. The zero-order chi connectivity index (χ0) is 12.2. The van der Waals surface area contributed by atoms with Crippen molar-refractivity contribution in [1.82, 2.24) is 0 Å². The van der Waals surface area contributed by atoms with Crippen LogP contribution in [0.1, 0.15) is 12.5 Å². The Bertz CT molecular complexity index is 372. The molecule has 0 heterocycles. The van der Waals surface area contributed by atoms with Crippen molar-refractivity contribution in [3.8, 4) is 11.5 Å². The monoisotopic (exact) mass is 232 g/mol. The van der Waals surface area contributed by atoms with E-state index in [1.54, 1.807) is 13.0 Å². The summed E-state index contributed by atoms with van der Waals surface area (Å²) in [6, 6.07) is 4.01. The Labute approximate surface area is 91.3 Å². The third-order valence-corrected chi connectivity index (χ3v) is 1.68. The molecule has 0 fully saturated rings. The van der Waals surface area contributed by atoms with Crippen molar-refractivity contribution >= 4 is 6.08 Å². The molecule has 0 aliphatic rings. The van der Waals surface area contributed by atoms with E-state index in [1.165, 1.54) is 18.2 Å². The molecule has 0 aliphatic carbocycles. The van der Waals surface area contributed by atoms with Crippen LogP contribution in [-0.4, -0.2) is 13.0 Å². The number of halogens is 3.